The molecule has 4 nitrogen and oxygen atoms in total. The van der Waals surface area contributed by atoms with Gasteiger partial charge in [0, 0.05) is 26.9 Å². The zero-order valence-corrected chi connectivity index (χ0v) is 18.6. The van der Waals surface area contributed by atoms with Gasteiger partial charge in [0.05, 0.1) is 5.25 Å². The van der Waals surface area contributed by atoms with Crippen molar-refractivity contribution in [3.63, 3.8) is 0 Å². The van der Waals surface area contributed by atoms with Gasteiger partial charge >= 0.3 is 0 Å². The van der Waals surface area contributed by atoms with Gasteiger partial charge in [-0.05, 0) is 68.8 Å². The number of aryl methyl sites for hydroxylation is 2. The molecule has 0 heterocycles. The zero-order chi connectivity index (χ0) is 21.7. The summed E-state index contributed by atoms with van der Waals surface area (Å²) in [5.74, 6) is -0.305. The van der Waals surface area contributed by atoms with E-state index in [1.807, 2.05) is 63.2 Å². The van der Waals surface area contributed by atoms with Gasteiger partial charge < -0.3 is 10.6 Å². The molecule has 6 heteroatoms. The molecule has 0 fully saturated rings. The summed E-state index contributed by atoms with van der Waals surface area (Å²) in [6.07, 6.45) is 0. The monoisotopic (exact) mass is 438 g/mol. The van der Waals surface area contributed by atoms with E-state index in [0.717, 1.165) is 21.7 Å². The predicted octanol–water partition coefficient (Wildman–Crippen LogP) is 6.33. The van der Waals surface area contributed by atoms with Gasteiger partial charge in [0.1, 0.15) is 0 Å². The Morgan fingerprint density at radius 1 is 0.933 bits per heavy atom. The Morgan fingerprint density at radius 3 is 2.43 bits per heavy atom. The first-order valence-electron chi connectivity index (χ1n) is 9.53. The molecule has 0 bridgehead atoms. The van der Waals surface area contributed by atoms with E-state index in [0.29, 0.717) is 16.3 Å². The lowest BCUT2D eigenvalue weighted by Gasteiger charge is -2.14. The highest BCUT2D eigenvalue weighted by Crippen LogP contribution is 2.27. The summed E-state index contributed by atoms with van der Waals surface area (Å²) >= 11 is 7.39. The highest BCUT2D eigenvalue weighted by atomic mass is 35.5. The molecule has 3 rings (SSSR count). The number of benzene rings is 3. The minimum atomic E-state index is -0.301. The lowest BCUT2D eigenvalue weighted by Crippen LogP contribution is -2.22. The van der Waals surface area contributed by atoms with Crippen LogP contribution in [-0.4, -0.2) is 17.1 Å². The van der Waals surface area contributed by atoms with Crippen LogP contribution in [0.25, 0.3) is 0 Å². The Hall–Kier alpha value is -2.76. The van der Waals surface area contributed by atoms with Crippen LogP contribution >= 0.6 is 23.4 Å². The lowest BCUT2D eigenvalue weighted by molar-refractivity contribution is -0.115. The molecule has 0 aliphatic rings. The third kappa shape index (κ3) is 5.88. The topological polar surface area (TPSA) is 58.2 Å². The first-order chi connectivity index (χ1) is 14.3. The van der Waals surface area contributed by atoms with Gasteiger partial charge in [0.2, 0.25) is 5.91 Å². The number of hydrogen-bond donors (Lipinski definition) is 2. The molecule has 0 saturated carbocycles. The molecule has 2 N–H and O–H groups in total. The fourth-order valence-electron chi connectivity index (χ4n) is 2.93. The van der Waals surface area contributed by atoms with Gasteiger partial charge in [-0.3, -0.25) is 9.59 Å². The van der Waals surface area contributed by atoms with Gasteiger partial charge in [-0.1, -0.05) is 41.4 Å². The zero-order valence-electron chi connectivity index (χ0n) is 17.0. The van der Waals surface area contributed by atoms with Gasteiger partial charge in [0.15, 0.2) is 0 Å². The normalized spacial score (nSPS) is 11.6. The quantitative estimate of drug-likeness (QED) is 0.442. The van der Waals surface area contributed by atoms with Gasteiger partial charge in [-0.25, -0.2) is 0 Å². The van der Waals surface area contributed by atoms with Crippen LogP contribution in [0.2, 0.25) is 5.02 Å². The summed E-state index contributed by atoms with van der Waals surface area (Å²) in [5.41, 5.74) is 4.16. The van der Waals surface area contributed by atoms with Crippen molar-refractivity contribution in [1.82, 2.24) is 0 Å². The second kappa shape index (κ2) is 9.83. The highest BCUT2D eigenvalue weighted by Gasteiger charge is 2.16. The maximum absolute atomic E-state index is 12.6. The highest BCUT2D eigenvalue weighted by molar-refractivity contribution is 8.00. The number of carbonyl (C=O) groups is 2. The van der Waals surface area contributed by atoms with E-state index in [1.54, 1.807) is 24.3 Å². The fourth-order valence-corrected chi connectivity index (χ4v) is 4.04. The third-order valence-corrected chi connectivity index (χ3v) is 5.83. The molecule has 0 aromatic heterocycles. The predicted molar refractivity (Wildman–Crippen MR) is 126 cm³/mol. The summed E-state index contributed by atoms with van der Waals surface area (Å²) in [7, 11) is 0. The van der Waals surface area contributed by atoms with Gasteiger partial charge in [-0.2, -0.15) is 0 Å². The number of thioether (sulfide) groups is 1. The maximum Gasteiger partial charge on any atom is 0.255 e. The molecule has 0 spiro atoms. The van der Waals surface area contributed by atoms with Crippen molar-refractivity contribution < 1.29 is 9.59 Å². The van der Waals surface area contributed by atoms with Crippen LogP contribution < -0.4 is 10.6 Å². The van der Waals surface area contributed by atoms with Gasteiger partial charge in [-0.15, -0.1) is 11.8 Å². The first kappa shape index (κ1) is 21.9. The summed E-state index contributed by atoms with van der Waals surface area (Å²) in [5, 5.41) is 6.07. The minimum Gasteiger partial charge on any atom is -0.325 e. The van der Waals surface area contributed by atoms with Crippen molar-refractivity contribution in [2.45, 2.75) is 30.9 Å². The Kier molecular flexibility index (Phi) is 7.19. The van der Waals surface area contributed by atoms with E-state index in [2.05, 4.69) is 10.6 Å². The molecule has 0 aliphatic heterocycles. The van der Waals surface area contributed by atoms with Crippen molar-refractivity contribution in [1.29, 1.82) is 0 Å². The molecule has 0 saturated heterocycles. The molecular formula is C24H23ClN2O2S. The van der Waals surface area contributed by atoms with Crippen molar-refractivity contribution in [2.75, 3.05) is 10.6 Å². The molecule has 3 aromatic rings. The van der Waals surface area contributed by atoms with E-state index in [9.17, 15) is 9.59 Å². The number of rotatable bonds is 6. The largest absolute Gasteiger partial charge is 0.325 e. The van der Waals surface area contributed by atoms with Crippen molar-refractivity contribution in [2.24, 2.45) is 0 Å². The maximum atomic E-state index is 12.6. The van der Waals surface area contributed by atoms with Crippen LogP contribution in [0.1, 0.15) is 28.4 Å². The number of carbonyl (C=O) groups excluding carboxylic acids is 2. The van der Waals surface area contributed by atoms with Crippen LogP contribution in [0.5, 0.6) is 0 Å². The summed E-state index contributed by atoms with van der Waals surface area (Å²) < 4.78 is 0. The molecule has 1 unspecified atom stereocenters. The van der Waals surface area contributed by atoms with Crippen LogP contribution in [0.4, 0.5) is 11.4 Å². The molecular weight excluding hydrogens is 416 g/mol. The van der Waals surface area contributed by atoms with Crippen molar-refractivity contribution in [3.05, 3.63) is 88.4 Å². The fraction of sp³-hybridized carbons (Fsp3) is 0.167. The van der Waals surface area contributed by atoms with E-state index in [-0.39, 0.29) is 17.1 Å². The number of anilines is 2. The van der Waals surface area contributed by atoms with Crippen molar-refractivity contribution in [3.8, 4) is 0 Å². The Balaban J connectivity index is 1.64. The molecule has 2 amide bonds. The van der Waals surface area contributed by atoms with E-state index >= 15 is 0 Å². The lowest BCUT2D eigenvalue weighted by atomic mass is 10.1. The molecule has 154 valence electrons. The molecule has 30 heavy (non-hydrogen) atoms. The minimum absolute atomic E-state index is 0.0691. The summed E-state index contributed by atoms with van der Waals surface area (Å²) in [6.45, 7) is 5.86. The smallest absolute Gasteiger partial charge is 0.255 e. The number of nitrogens with one attached hydrogen (secondary N) is 2. The van der Waals surface area contributed by atoms with Crippen molar-refractivity contribution >= 4 is 46.6 Å². The number of halogens is 1. The number of hydrogen-bond acceptors (Lipinski definition) is 3. The first-order valence-corrected chi connectivity index (χ1v) is 10.8. The van der Waals surface area contributed by atoms with Crippen LogP contribution in [0.3, 0.4) is 0 Å². The Labute approximate surface area is 186 Å². The third-order valence-electron chi connectivity index (χ3n) is 4.50. The Morgan fingerprint density at radius 2 is 1.70 bits per heavy atom. The average molecular weight is 439 g/mol. The standard InChI is InChI=1S/C24H23ClN2O2S/c1-15-10-11-22(16(2)12-15)27-23(28)17(3)30-21-9-5-8-20(14-21)26-24(29)18-6-4-7-19(25)13-18/h4-14,17H,1-3H3,(H,26,29)(H,27,28). The van der Waals surface area contributed by atoms with Crippen LogP contribution in [-0.2, 0) is 4.79 Å². The second-order valence-corrected chi connectivity index (χ2v) is 8.91. The molecule has 0 radical (unpaired) electrons. The summed E-state index contributed by atoms with van der Waals surface area (Å²) in [6, 6.07) is 20.2. The van der Waals surface area contributed by atoms with E-state index in [1.165, 1.54) is 11.8 Å². The molecule has 1 atom stereocenters. The summed E-state index contributed by atoms with van der Waals surface area (Å²) in [4.78, 5) is 25.9. The molecule has 3 aromatic carbocycles. The van der Waals surface area contributed by atoms with Gasteiger partial charge in [0.25, 0.3) is 5.91 Å². The average Bonchev–Trinajstić information content (AvgIpc) is 2.70. The second-order valence-electron chi connectivity index (χ2n) is 7.06. The van der Waals surface area contributed by atoms with Crippen LogP contribution in [0, 0.1) is 13.8 Å². The molecule has 0 aliphatic carbocycles. The van der Waals surface area contributed by atoms with Crippen LogP contribution in [0.15, 0.2) is 71.6 Å². The van der Waals surface area contributed by atoms with E-state index < -0.39 is 0 Å². The van der Waals surface area contributed by atoms with E-state index in [4.69, 9.17) is 11.6 Å². The Bertz CT molecular complexity index is 1080. The SMILES string of the molecule is Cc1ccc(NC(=O)C(C)Sc2cccc(NC(=O)c3cccc(Cl)c3)c2)c(C)c1. The number of amides is 2.